The molecule has 0 amide bonds. The van der Waals surface area contributed by atoms with Crippen LogP contribution < -0.4 is 5.56 Å². The summed E-state index contributed by atoms with van der Waals surface area (Å²) in [5.74, 6) is -0.635. The van der Waals surface area contributed by atoms with E-state index in [1.165, 1.54) is 12.1 Å². The van der Waals surface area contributed by atoms with E-state index < -0.39 is 5.97 Å². The lowest BCUT2D eigenvalue weighted by molar-refractivity contribution is 0.0696. The number of nitrogens with zero attached hydrogens (tertiary/aromatic N) is 1. The zero-order valence-electron chi connectivity index (χ0n) is 9.64. The van der Waals surface area contributed by atoms with Gasteiger partial charge in [0.05, 0.1) is 5.56 Å². The van der Waals surface area contributed by atoms with Crippen LogP contribution in [0.4, 0.5) is 0 Å². The van der Waals surface area contributed by atoms with Crippen molar-refractivity contribution in [1.29, 1.82) is 0 Å². The maximum atomic E-state index is 11.6. The van der Waals surface area contributed by atoms with E-state index >= 15 is 0 Å². The predicted molar refractivity (Wildman–Crippen MR) is 61.7 cm³/mol. The topological polar surface area (TPSA) is 59.3 Å². The largest absolute Gasteiger partial charge is 0.478 e. The van der Waals surface area contributed by atoms with Crippen LogP contribution in [0.1, 0.15) is 37.0 Å². The Bertz CT molecular complexity index is 423. The van der Waals surface area contributed by atoms with E-state index in [2.05, 4.69) is 13.8 Å². The molecule has 1 heterocycles. The van der Waals surface area contributed by atoms with Gasteiger partial charge in [-0.2, -0.15) is 0 Å². The molecular weight excluding hydrogens is 206 g/mol. The maximum absolute atomic E-state index is 11.6. The molecule has 0 aliphatic carbocycles. The summed E-state index contributed by atoms with van der Waals surface area (Å²) in [4.78, 5) is 22.2. The summed E-state index contributed by atoms with van der Waals surface area (Å²) in [6.07, 6.45) is 3.70. The molecule has 0 aliphatic heterocycles. The second-order valence-corrected chi connectivity index (χ2v) is 4.11. The zero-order valence-corrected chi connectivity index (χ0v) is 9.64. The molecule has 1 aromatic rings. The van der Waals surface area contributed by atoms with E-state index in [1.807, 2.05) is 0 Å². The molecular formula is C12H17NO3. The first-order chi connectivity index (χ1) is 7.54. The molecule has 0 saturated heterocycles. The van der Waals surface area contributed by atoms with Crippen LogP contribution >= 0.6 is 0 Å². The molecule has 0 radical (unpaired) electrons. The van der Waals surface area contributed by atoms with E-state index in [0.29, 0.717) is 12.5 Å². The summed E-state index contributed by atoms with van der Waals surface area (Å²) in [5, 5.41) is 8.72. The molecule has 1 N–H and O–H groups in total. The third-order valence-electron chi connectivity index (χ3n) is 2.53. The summed E-state index contributed by atoms with van der Waals surface area (Å²) in [5.41, 5.74) is -0.202. The van der Waals surface area contributed by atoms with Crippen LogP contribution in [0, 0.1) is 5.92 Å². The average molecular weight is 223 g/mol. The lowest BCUT2D eigenvalue weighted by Crippen LogP contribution is -2.23. The van der Waals surface area contributed by atoms with Gasteiger partial charge >= 0.3 is 5.97 Å². The maximum Gasteiger partial charge on any atom is 0.335 e. The Morgan fingerprint density at radius 2 is 2.25 bits per heavy atom. The highest BCUT2D eigenvalue weighted by Gasteiger charge is 2.07. The van der Waals surface area contributed by atoms with E-state index in [0.717, 1.165) is 12.8 Å². The summed E-state index contributed by atoms with van der Waals surface area (Å²) in [6.45, 7) is 4.83. The molecule has 1 aromatic heterocycles. The number of rotatable bonds is 5. The fourth-order valence-corrected chi connectivity index (χ4v) is 1.71. The van der Waals surface area contributed by atoms with Gasteiger partial charge in [-0.15, -0.1) is 0 Å². The van der Waals surface area contributed by atoms with E-state index in [1.54, 1.807) is 10.8 Å². The van der Waals surface area contributed by atoms with Gasteiger partial charge in [0.2, 0.25) is 0 Å². The number of hydrogen-bond acceptors (Lipinski definition) is 2. The van der Waals surface area contributed by atoms with Gasteiger partial charge in [0.25, 0.3) is 5.56 Å². The van der Waals surface area contributed by atoms with Gasteiger partial charge in [0.15, 0.2) is 0 Å². The third kappa shape index (κ3) is 3.22. The molecule has 0 fully saturated rings. The SMILES string of the molecule is CCCC(C)Cn1ccc(C(=O)O)cc1=O. The van der Waals surface area contributed by atoms with Crippen molar-refractivity contribution in [3.63, 3.8) is 0 Å². The highest BCUT2D eigenvalue weighted by atomic mass is 16.4. The molecule has 0 saturated carbocycles. The lowest BCUT2D eigenvalue weighted by atomic mass is 10.1. The number of carboxylic acids is 1. The first-order valence-corrected chi connectivity index (χ1v) is 5.48. The summed E-state index contributed by atoms with van der Waals surface area (Å²) in [6, 6.07) is 2.63. The Labute approximate surface area is 94.5 Å². The van der Waals surface area contributed by atoms with Crippen molar-refractivity contribution in [2.24, 2.45) is 5.92 Å². The van der Waals surface area contributed by atoms with Crippen LogP contribution in [0.2, 0.25) is 0 Å². The van der Waals surface area contributed by atoms with Crippen LogP contribution in [0.25, 0.3) is 0 Å². The number of aromatic nitrogens is 1. The Morgan fingerprint density at radius 1 is 1.56 bits per heavy atom. The lowest BCUT2D eigenvalue weighted by Gasteiger charge is -2.12. The summed E-state index contributed by atoms with van der Waals surface area (Å²) >= 11 is 0. The standard InChI is InChI=1S/C12H17NO3/c1-3-4-9(2)8-13-6-5-10(12(15)16)7-11(13)14/h5-7,9H,3-4,8H2,1-2H3,(H,15,16). The van der Waals surface area contributed by atoms with Crippen LogP contribution in [-0.4, -0.2) is 15.6 Å². The van der Waals surface area contributed by atoms with Crippen molar-refractivity contribution in [3.8, 4) is 0 Å². The number of carboxylic acid groups (broad SMARTS) is 1. The Morgan fingerprint density at radius 3 is 2.75 bits per heavy atom. The zero-order chi connectivity index (χ0) is 12.1. The molecule has 0 aromatic carbocycles. The molecule has 0 aliphatic rings. The van der Waals surface area contributed by atoms with Gasteiger partial charge in [-0.05, 0) is 18.4 Å². The van der Waals surface area contributed by atoms with Gasteiger partial charge in [-0.3, -0.25) is 4.79 Å². The molecule has 1 atom stereocenters. The Balaban J connectivity index is 2.83. The monoisotopic (exact) mass is 223 g/mol. The third-order valence-corrected chi connectivity index (χ3v) is 2.53. The van der Waals surface area contributed by atoms with Crippen molar-refractivity contribution in [2.75, 3.05) is 0 Å². The predicted octanol–water partition coefficient (Wildman–Crippen LogP) is 1.98. The smallest absolute Gasteiger partial charge is 0.335 e. The van der Waals surface area contributed by atoms with Crippen LogP contribution in [0.3, 0.4) is 0 Å². The molecule has 0 bridgehead atoms. The summed E-state index contributed by atoms with van der Waals surface area (Å²) in [7, 11) is 0. The van der Waals surface area contributed by atoms with Crippen molar-refractivity contribution >= 4 is 5.97 Å². The van der Waals surface area contributed by atoms with Gasteiger partial charge < -0.3 is 9.67 Å². The van der Waals surface area contributed by atoms with Gasteiger partial charge in [0.1, 0.15) is 0 Å². The molecule has 1 rings (SSSR count). The Hall–Kier alpha value is -1.58. The van der Waals surface area contributed by atoms with Gasteiger partial charge in [0, 0.05) is 18.8 Å². The molecule has 0 spiro atoms. The van der Waals surface area contributed by atoms with Crippen molar-refractivity contribution in [2.45, 2.75) is 33.2 Å². The highest BCUT2D eigenvalue weighted by molar-refractivity contribution is 5.87. The quantitative estimate of drug-likeness (QED) is 0.830. The van der Waals surface area contributed by atoms with Crippen molar-refractivity contribution < 1.29 is 9.90 Å². The second kappa shape index (κ2) is 5.49. The molecule has 1 unspecified atom stereocenters. The minimum absolute atomic E-state index is 0.0457. The highest BCUT2D eigenvalue weighted by Crippen LogP contribution is 2.07. The van der Waals surface area contributed by atoms with Gasteiger partial charge in [-0.25, -0.2) is 4.79 Å². The first kappa shape index (κ1) is 12.5. The normalized spacial score (nSPS) is 12.4. The average Bonchev–Trinajstić information content (AvgIpc) is 2.21. The summed E-state index contributed by atoms with van der Waals surface area (Å²) < 4.78 is 1.56. The van der Waals surface area contributed by atoms with Gasteiger partial charge in [-0.1, -0.05) is 20.3 Å². The van der Waals surface area contributed by atoms with E-state index in [9.17, 15) is 9.59 Å². The van der Waals surface area contributed by atoms with Crippen molar-refractivity contribution in [3.05, 3.63) is 34.2 Å². The fraction of sp³-hybridized carbons (Fsp3) is 0.500. The number of carbonyl (C=O) groups is 1. The van der Waals surface area contributed by atoms with Crippen LogP contribution in [0.5, 0.6) is 0 Å². The number of hydrogen-bond donors (Lipinski definition) is 1. The molecule has 4 nitrogen and oxygen atoms in total. The first-order valence-electron chi connectivity index (χ1n) is 5.48. The Kier molecular flexibility index (Phi) is 4.28. The van der Waals surface area contributed by atoms with E-state index in [4.69, 9.17) is 5.11 Å². The number of pyridine rings is 1. The molecule has 16 heavy (non-hydrogen) atoms. The van der Waals surface area contributed by atoms with Crippen LogP contribution in [-0.2, 0) is 6.54 Å². The molecule has 4 heteroatoms. The fourth-order valence-electron chi connectivity index (χ4n) is 1.71. The second-order valence-electron chi connectivity index (χ2n) is 4.11. The van der Waals surface area contributed by atoms with E-state index in [-0.39, 0.29) is 11.1 Å². The minimum Gasteiger partial charge on any atom is -0.478 e. The molecule has 88 valence electrons. The minimum atomic E-state index is -1.06. The number of aromatic carboxylic acids is 1. The van der Waals surface area contributed by atoms with Crippen LogP contribution in [0.15, 0.2) is 23.1 Å². The van der Waals surface area contributed by atoms with Crippen molar-refractivity contribution in [1.82, 2.24) is 4.57 Å².